The second-order valence-electron chi connectivity index (χ2n) is 6.09. The molecule has 0 heterocycles. The van der Waals surface area contributed by atoms with Crippen LogP contribution in [-0.2, 0) is 9.53 Å². The van der Waals surface area contributed by atoms with Gasteiger partial charge in [-0.25, -0.2) is 0 Å². The van der Waals surface area contributed by atoms with Crippen LogP contribution in [0.3, 0.4) is 0 Å². The molecule has 0 aliphatic heterocycles. The third-order valence-corrected chi connectivity index (χ3v) is 4.35. The molecule has 0 saturated carbocycles. The van der Waals surface area contributed by atoms with Crippen molar-refractivity contribution in [2.45, 2.75) is 26.7 Å². The lowest BCUT2D eigenvalue weighted by molar-refractivity contribution is -0.140. The smallest absolute Gasteiger partial charge is 0.325 e. The van der Waals surface area contributed by atoms with Gasteiger partial charge in [-0.2, -0.15) is 0 Å². The monoisotopic (exact) mass is 411 g/mol. The Morgan fingerprint density at radius 1 is 1.15 bits per heavy atom. The normalized spacial score (nSPS) is 10.6. The lowest BCUT2D eigenvalue weighted by atomic mass is 10.0. The topological polar surface area (TPSA) is 56.8 Å². The Kier molecular flexibility index (Phi) is 7.63. The molecule has 27 heavy (non-hydrogen) atoms. The minimum atomic E-state index is -0.357. The van der Waals surface area contributed by atoms with Crippen molar-refractivity contribution in [3.8, 4) is 17.2 Å². The predicted octanol–water partition coefficient (Wildman–Crippen LogP) is 5.89. The molecule has 2 aromatic carbocycles. The van der Waals surface area contributed by atoms with Crippen LogP contribution in [-0.4, -0.2) is 26.2 Å². The third kappa shape index (κ3) is 5.68. The van der Waals surface area contributed by atoms with E-state index < -0.39 is 0 Å². The molecule has 0 aliphatic carbocycles. The molecule has 7 heteroatoms. The van der Waals surface area contributed by atoms with Crippen LogP contribution in [0.15, 0.2) is 30.3 Å². The maximum Gasteiger partial charge on any atom is 0.325 e. The van der Waals surface area contributed by atoms with E-state index in [1.807, 2.05) is 12.1 Å². The molecule has 0 radical (unpaired) electrons. The van der Waals surface area contributed by atoms with Crippen LogP contribution in [0.5, 0.6) is 17.2 Å². The lowest BCUT2D eigenvalue weighted by Gasteiger charge is -2.16. The van der Waals surface area contributed by atoms with Gasteiger partial charge in [0, 0.05) is 11.3 Å². The second kappa shape index (κ2) is 9.72. The summed E-state index contributed by atoms with van der Waals surface area (Å²) in [5.41, 5.74) is 1.62. The molecule has 0 bridgehead atoms. The number of esters is 1. The van der Waals surface area contributed by atoms with Crippen LogP contribution < -0.4 is 14.8 Å². The summed E-state index contributed by atoms with van der Waals surface area (Å²) in [5, 5.41) is 3.58. The Bertz CT molecular complexity index is 786. The molecule has 0 saturated heterocycles. The highest BCUT2D eigenvalue weighted by molar-refractivity contribution is 6.37. The summed E-state index contributed by atoms with van der Waals surface area (Å²) in [6.45, 7) is 6.25. The molecular formula is C20H23Cl2NO4. The first-order chi connectivity index (χ1) is 12.8. The highest BCUT2D eigenvalue weighted by atomic mass is 35.5. The number of carbonyl (C=O) groups excluding carboxylic acids is 1. The average Bonchev–Trinajstić information content (AvgIpc) is 2.63. The summed E-state index contributed by atoms with van der Waals surface area (Å²) < 4.78 is 16.2. The lowest BCUT2D eigenvalue weighted by Crippen LogP contribution is -2.16. The van der Waals surface area contributed by atoms with Gasteiger partial charge in [0.2, 0.25) is 0 Å². The zero-order valence-corrected chi connectivity index (χ0v) is 17.3. The maximum atomic E-state index is 11.4. The number of halogens is 2. The average molecular weight is 412 g/mol. The number of hydrogen-bond acceptors (Lipinski definition) is 5. The van der Waals surface area contributed by atoms with E-state index in [2.05, 4.69) is 19.2 Å². The van der Waals surface area contributed by atoms with Gasteiger partial charge in [0.05, 0.1) is 23.8 Å². The summed E-state index contributed by atoms with van der Waals surface area (Å²) in [4.78, 5) is 11.4. The predicted molar refractivity (Wildman–Crippen MR) is 109 cm³/mol. The first-order valence-corrected chi connectivity index (χ1v) is 9.35. The largest absolute Gasteiger partial charge is 0.496 e. The number of hydrogen-bond donors (Lipinski definition) is 1. The number of carbonyl (C=O) groups is 1. The van der Waals surface area contributed by atoms with Gasteiger partial charge >= 0.3 is 5.97 Å². The first-order valence-electron chi connectivity index (χ1n) is 8.60. The van der Waals surface area contributed by atoms with E-state index in [1.165, 1.54) is 0 Å². The Labute approximate surface area is 169 Å². The molecular weight excluding hydrogens is 389 g/mol. The van der Waals surface area contributed by atoms with E-state index in [9.17, 15) is 4.79 Å². The maximum absolute atomic E-state index is 11.4. The molecule has 0 aliphatic rings. The van der Waals surface area contributed by atoms with Gasteiger partial charge in [0.1, 0.15) is 18.0 Å². The van der Waals surface area contributed by atoms with Crippen molar-refractivity contribution in [1.82, 2.24) is 0 Å². The van der Waals surface area contributed by atoms with Gasteiger partial charge in [-0.3, -0.25) is 4.79 Å². The van der Waals surface area contributed by atoms with Gasteiger partial charge in [0.25, 0.3) is 0 Å². The summed E-state index contributed by atoms with van der Waals surface area (Å²) in [6, 6.07) is 8.85. The quantitative estimate of drug-likeness (QED) is 0.548. The van der Waals surface area contributed by atoms with Crippen molar-refractivity contribution in [2.24, 2.45) is 0 Å². The van der Waals surface area contributed by atoms with E-state index in [4.69, 9.17) is 37.4 Å². The molecule has 0 aromatic heterocycles. The highest BCUT2D eigenvalue weighted by Crippen LogP contribution is 2.40. The summed E-state index contributed by atoms with van der Waals surface area (Å²) in [7, 11) is 1.64. The summed E-state index contributed by atoms with van der Waals surface area (Å²) >= 11 is 12.7. The Morgan fingerprint density at radius 3 is 2.37 bits per heavy atom. The van der Waals surface area contributed by atoms with Crippen molar-refractivity contribution in [1.29, 1.82) is 0 Å². The van der Waals surface area contributed by atoms with Gasteiger partial charge in [0.15, 0.2) is 5.75 Å². The van der Waals surface area contributed by atoms with E-state index >= 15 is 0 Å². The molecule has 0 amide bonds. The van der Waals surface area contributed by atoms with E-state index in [-0.39, 0.29) is 18.4 Å². The van der Waals surface area contributed by atoms with E-state index in [0.29, 0.717) is 33.8 Å². The standard InChI is InChI=1S/C20H23Cl2NO4/c1-5-26-19(24)11-23-13-8-16(21)20(17(22)9-13)27-14-6-7-18(25-4)15(10-14)12(2)3/h6-10,12,23H,5,11H2,1-4H3. The molecule has 2 rings (SSSR count). The number of methoxy groups -OCH3 is 1. The Hall–Kier alpha value is -2.11. The van der Waals surface area contributed by atoms with Crippen LogP contribution in [0.1, 0.15) is 32.3 Å². The molecule has 0 spiro atoms. The van der Waals surface area contributed by atoms with Crippen molar-refractivity contribution in [3.05, 3.63) is 45.9 Å². The third-order valence-electron chi connectivity index (χ3n) is 3.78. The van der Waals surface area contributed by atoms with Crippen LogP contribution >= 0.6 is 23.2 Å². The van der Waals surface area contributed by atoms with Gasteiger partial charge in [-0.05, 0) is 43.2 Å². The summed E-state index contributed by atoms with van der Waals surface area (Å²) in [5.74, 6) is 1.66. The fourth-order valence-corrected chi connectivity index (χ4v) is 3.05. The van der Waals surface area contributed by atoms with Gasteiger partial charge in [-0.1, -0.05) is 37.0 Å². The molecule has 1 N–H and O–H groups in total. The first kappa shape index (κ1) is 21.2. The van der Waals surface area contributed by atoms with Crippen LogP contribution in [0.4, 0.5) is 5.69 Å². The minimum Gasteiger partial charge on any atom is -0.496 e. The van der Waals surface area contributed by atoms with E-state index in [0.717, 1.165) is 11.3 Å². The molecule has 2 aromatic rings. The molecule has 0 atom stereocenters. The van der Waals surface area contributed by atoms with E-state index in [1.54, 1.807) is 32.2 Å². The van der Waals surface area contributed by atoms with Crippen LogP contribution in [0.2, 0.25) is 10.0 Å². The minimum absolute atomic E-state index is 0.0247. The zero-order chi connectivity index (χ0) is 20.0. The Balaban J connectivity index is 2.20. The summed E-state index contributed by atoms with van der Waals surface area (Å²) in [6.07, 6.45) is 0. The Morgan fingerprint density at radius 2 is 1.81 bits per heavy atom. The van der Waals surface area contributed by atoms with Gasteiger partial charge in [-0.15, -0.1) is 0 Å². The number of nitrogens with one attached hydrogen (secondary N) is 1. The number of benzene rings is 2. The highest BCUT2D eigenvalue weighted by Gasteiger charge is 2.14. The van der Waals surface area contributed by atoms with Crippen molar-refractivity contribution < 1.29 is 19.0 Å². The van der Waals surface area contributed by atoms with Crippen molar-refractivity contribution in [3.63, 3.8) is 0 Å². The fraction of sp³-hybridized carbons (Fsp3) is 0.350. The number of anilines is 1. The van der Waals surface area contributed by atoms with Gasteiger partial charge < -0.3 is 19.5 Å². The molecule has 0 unspecified atom stereocenters. The zero-order valence-electron chi connectivity index (χ0n) is 15.8. The van der Waals surface area contributed by atoms with Crippen LogP contribution in [0.25, 0.3) is 0 Å². The molecule has 5 nitrogen and oxygen atoms in total. The molecule has 146 valence electrons. The SMILES string of the molecule is CCOC(=O)CNc1cc(Cl)c(Oc2ccc(OC)c(C(C)C)c2)c(Cl)c1. The second-order valence-corrected chi connectivity index (χ2v) is 6.90. The fourth-order valence-electron chi connectivity index (χ4n) is 2.49. The number of rotatable bonds is 8. The molecule has 0 fully saturated rings. The van der Waals surface area contributed by atoms with Crippen LogP contribution in [0, 0.1) is 0 Å². The van der Waals surface area contributed by atoms with Crippen molar-refractivity contribution >= 4 is 34.9 Å². The number of ether oxygens (including phenoxy) is 3. The van der Waals surface area contributed by atoms with Crippen molar-refractivity contribution in [2.75, 3.05) is 25.6 Å².